The molecule has 8 N–H and O–H groups in total. The van der Waals surface area contributed by atoms with Crippen molar-refractivity contribution in [3.63, 3.8) is 0 Å². The zero-order valence-corrected chi connectivity index (χ0v) is 32.6. The number of carboxylic acid groups (broad SMARTS) is 2. The summed E-state index contributed by atoms with van der Waals surface area (Å²) in [7, 11) is 0. The molecule has 0 aromatic heterocycles. The minimum atomic E-state index is -1.43. The van der Waals surface area contributed by atoms with Crippen LogP contribution < -0.4 is 10.2 Å². The number of benzene rings is 5. The SMILES string of the molecule is CCOCC.Cc1c[c-]ccc1.Cc1c[c-]ccc1.Cc1c[c-]ccc1.O.O.O=C([O-])c1cc(O)cc(O)c1.O=C([O-])c1cc(O)cc(O)c1.[Bi]. The monoisotopic (exact) mass is 898 g/mol. The van der Waals surface area contributed by atoms with Crippen molar-refractivity contribution in [2.45, 2.75) is 34.6 Å². The second kappa shape index (κ2) is 32.2. The van der Waals surface area contributed by atoms with Gasteiger partial charge in [0.2, 0.25) is 0 Å². The molecular weight excluding hydrogens is 853 g/mol. The molecule has 12 heteroatoms. The summed E-state index contributed by atoms with van der Waals surface area (Å²) in [5.41, 5.74) is 3.30. The molecule has 11 nitrogen and oxygen atoms in total. The number of aromatic hydroxyl groups is 4. The topological polar surface area (TPSA) is 233 Å². The number of carbonyl (C=O) groups is 2. The molecule has 0 spiro atoms. The van der Waals surface area contributed by atoms with Crippen molar-refractivity contribution >= 4 is 38.1 Å². The second-order valence-electron chi connectivity index (χ2n) is 9.57. The number of phenols is 4. The van der Waals surface area contributed by atoms with Crippen LogP contribution in [0, 0.1) is 39.0 Å². The van der Waals surface area contributed by atoms with Crippen molar-refractivity contribution in [2.24, 2.45) is 0 Å². The molecule has 0 atom stereocenters. The average Bonchev–Trinajstić information content (AvgIpc) is 3.03. The van der Waals surface area contributed by atoms with E-state index in [9.17, 15) is 19.8 Å². The number of phenolic OH excluding ortho intramolecular Hbond substituents is 4. The van der Waals surface area contributed by atoms with Crippen LogP contribution in [0.4, 0.5) is 0 Å². The Hall–Kier alpha value is -5.00. The van der Waals surface area contributed by atoms with Crippen molar-refractivity contribution in [1.29, 1.82) is 0 Å². The Labute approximate surface area is 318 Å². The van der Waals surface area contributed by atoms with Gasteiger partial charge in [-0.05, 0) is 38.1 Å². The zero-order valence-electron chi connectivity index (χ0n) is 29.1. The maximum atomic E-state index is 10.2. The molecule has 3 radical (unpaired) electrons. The fourth-order valence-electron chi connectivity index (χ4n) is 3.08. The largest absolute Gasteiger partial charge is 0.545 e. The molecule has 0 saturated carbocycles. The number of hydrogen-bond acceptors (Lipinski definition) is 9. The summed E-state index contributed by atoms with van der Waals surface area (Å²) >= 11 is 0. The fraction of sp³-hybridized carbons (Fsp3) is 0.179. The van der Waals surface area contributed by atoms with Crippen LogP contribution in [0.3, 0.4) is 0 Å². The molecule has 0 saturated heterocycles. The predicted octanol–water partition coefficient (Wildman–Crippen LogP) is 3.32. The molecule has 0 fully saturated rings. The van der Waals surface area contributed by atoms with Gasteiger partial charge in [-0.1, -0.05) is 20.8 Å². The summed E-state index contributed by atoms with van der Waals surface area (Å²) in [6, 6.07) is 38.6. The first-order valence-corrected chi connectivity index (χ1v) is 14.6. The van der Waals surface area contributed by atoms with Gasteiger partial charge in [-0.15, -0.1) is 0 Å². The van der Waals surface area contributed by atoms with E-state index >= 15 is 0 Å². The van der Waals surface area contributed by atoms with E-state index in [0.717, 1.165) is 49.6 Å². The molecule has 0 unspecified atom stereocenters. The minimum Gasteiger partial charge on any atom is -0.545 e. The Kier molecular flexibility index (Phi) is 33.4. The van der Waals surface area contributed by atoms with Gasteiger partial charge in [0, 0.05) is 62.7 Å². The van der Waals surface area contributed by atoms with Crippen LogP contribution in [-0.2, 0) is 4.74 Å². The smallest absolute Gasteiger partial charge is 0.119 e. The summed E-state index contributed by atoms with van der Waals surface area (Å²) in [6.07, 6.45) is 0. The Bertz CT molecular complexity index is 1390. The van der Waals surface area contributed by atoms with E-state index in [1.54, 1.807) is 0 Å². The number of ether oxygens (including phenoxy) is 1. The fourth-order valence-corrected chi connectivity index (χ4v) is 3.08. The average molecular weight is 899 g/mol. The first kappa shape index (κ1) is 52.8. The van der Waals surface area contributed by atoms with Crippen molar-refractivity contribution in [3.8, 4) is 23.0 Å². The third kappa shape index (κ3) is 29.6. The van der Waals surface area contributed by atoms with E-state index in [1.807, 2.05) is 68.4 Å². The van der Waals surface area contributed by atoms with Gasteiger partial charge in [-0.3, -0.25) is 0 Å². The van der Waals surface area contributed by atoms with E-state index in [0.29, 0.717) is 0 Å². The van der Waals surface area contributed by atoms with E-state index in [-0.39, 0.29) is 71.3 Å². The van der Waals surface area contributed by atoms with Gasteiger partial charge >= 0.3 is 0 Å². The molecule has 5 rings (SSSR count). The number of aryl methyl sites for hydroxylation is 3. The molecule has 5 aromatic rings. The predicted molar refractivity (Wildman–Crippen MR) is 193 cm³/mol. The third-order valence-electron chi connectivity index (χ3n) is 5.27. The van der Waals surface area contributed by atoms with E-state index in [1.165, 1.54) is 16.7 Å². The molecule has 0 heterocycles. The molecule has 5 aromatic carbocycles. The maximum Gasteiger partial charge on any atom is 0.119 e. The standard InChI is InChI=1S/2C7H6O4.3C7H7.C4H10O.Bi.2H2O/c2*8-5-1-4(7(10)11)2-6(9)3-5;3*1-7-5-3-2-4-6-7;1-3-5-4-2;;;/h2*1-3,8-9H,(H,10,11);3*2-3,5-6H,1H3;3-4H2,1-2H3;;2*1H2/q;;3*-1;;;;/p-2. The summed E-state index contributed by atoms with van der Waals surface area (Å²) in [6.45, 7) is 11.8. The first-order chi connectivity index (χ1) is 22.8. The molecule has 0 aliphatic heterocycles. The van der Waals surface area contributed by atoms with Crippen molar-refractivity contribution in [1.82, 2.24) is 0 Å². The molecule has 0 aliphatic carbocycles. The molecular formula is C39H45BiO11-5. The van der Waals surface area contributed by atoms with Crippen molar-refractivity contribution in [2.75, 3.05) is 13.2 Å². The van der Waals surface area contributed by atoms with E-state index in [4.69, 9.17) is 25.2 Å². The summed E-state index contributed by atoms with van der Waals surface area (Å²) in [4.78, 5) is 20.3. The summed E-state index contributed by atoms with van der Waals surface area (Å²) in [5, 5.41) is 55.5. The Morgan fingerprint density at radius 2 is 0.824 bits per heavy atom. The van der Waals surface area contributed by atoms with Gasteiger partial charge in [0.25, 0.3) is 0 Å². The minimum absolute atomic E-state index is 0. The first-order valence-electron chi connectivity index (χ1n) is 14.6. The number of rotatable bonds is 4. The normalized spacial score (nSPS) is 8.49. The molecule has 277 valence electrons. The maximum absolute atomic E-state index is 10.2. The molecule has 0 bridgehead atoms. The molecule has 51 heavy (non-hydrogen) atoms. The van der Waals surface area contributed by atoms with Gasteiger partial charge in [0.05, 0.1) is 11.9 Å². The Morgan fingerprint density at radius 1 is 0.569 bits per heavy atom. The number of hydrogen-bond donors (Lipinski definition) is 4. The van der Waals surface area contributed by atoms with Crippen molar-refractivity contribution in [3.05, 3.63) is 155 Å². The zero-order chi connectivity index (χ0) is 36.3. The van der Waals surface area contributed by atoms with Crippen LogP contribution in [0.5, 0.6) is 23.0 Å². The summed E-state index contributed by atoms with van der Waals surface area (Å²) in [5.74, 6) is -4.07. The van der Waals surface area contributed by atoms with Crippen LogP contribution >= 0.6 is 0 Å². The van der Waals surface area contributed by atoms with Gasteiger partial charge in [-0.2, -0.15) is 108 Å². The van der Waals surface area contributed by atoms with Gasteiger partial charge in [0.15, 0.2) is 0 Å². The molecule has 0 amide bonds. The number of carboxylic acids is 2. The van der Waals surface area contributed by atoms with Crippen LogP contribution in [0.2, 0.25) is 0 Å². The second-order valence-corrected chi connectivity index (χ2v) is 9.57. The van der Waals surface area contributed by atoms with Gasteiger partial charge < -0.3 is 55.9 Å². The van der Waals surface area contributed by atoms with E-state index < -0.39 is 11.9 Å². The van der Waals surface area contributed by atoms with Crippen LogP contribution in [0.25, 0.3) is 0 Å². The Balaban J connectivity index is -0.000000262. The molecule has 0 aliphatic rings. The summed E-state index contributed by atoms with van der Waals surface area (Å²) < 4.78 is 4.83. The van der Waals surface area contributed by atoms with Crippen molar-refractivity contribution < 1.29 is 55.9 Å². The van der Waals surface area contributed by atoms with Crippen LogP contribution in [0.15, 0.2) is 109 Å². The number of aromatic carboxylic acids is 2. The van der Waals surface area contributed by atoms with E-state index in [2.05, 4.69) is 57.2 Å². The third-order valence-corrected chi connectivity index (χ3v) is 5.27. The van der Waals surface area contributed by atoms with Gasteiger partial charge in [-0.25, -0.2) is 0 Å². The van der Waals surface area contributed by atoms with Crippen LogP contribution in [0.1, 0.15) is 51.3 Å². The van der Waals surface area contributed by atoms with Gasteiger partial charge in [0.1, 0.15) is 23.0 Å². The number of carbonyl (C=O) groups excluding carboxylic acids is 2. The Morgan fingerprint density at radius 3 is 0.941 bits per heavy atom. The quantitative estimate of drug-likeness (QED) is 0.153. The van der Waals surface area contributed by atoms with Crippen LogP contribution in [-0.4, -0.2) is 82.7 Å².